The largest absolute Gasteiger partial charge is 0.481 e. The van der Waals surface area contributed by atoms with Crippen LogP contribution in [-0.4, -0.2) is 35.6 Å². The second-order valence-electron chi connectivity index (χ2n) is 3.38. The van der Waals surface area contributed by atoms with Crippen LogP contribution in [0.5, 0.6) is 0 Å². The highest BCUT2D eigenvalue weighted by Crippen LogP contribution is 2.01. The van der Waals surface area contributed by atoms with Crippen molar-refractivity contribution >= 4 is 17.9 Å². The van der Waals surface area contributed by atoms with E-state index in [9.17, 15) is 14.4 Å². The summed E-state index contributed by atoms with van der Waals surface area (Å²) < 4.78 is 0. The fourth-order valence-corrected chi connectivity index (χ4v) is 1.19. The molecule has 7 nitrogen and oxygen atoms in total. The van der Waals surface area contributed by atoms with Crippen LogP contribution < -0.4 is 16.4 Å². The van der Waals surface area contributed by atoms with Gasteiger partial charge in [-0.1, -0.05) is 13.3 Å². The molecule has 92 valence electrons. The molecule has 0 rings (SSSR count). The summed E-state index contributed by atoms with van der Waals surface area (Å²) in [6.45, 7) is 1.62. The standard InChI is InChI=1S/C9H17N3O4/c1-2-3-6(4-8(14)15)12-9(16)11-5-7(10)13/h6H,2-5H2,1H3,(H2,10,13)(H,14,15)(H2,11,12,16). The lowest BCUT2D eigenvalue weighted by atomic mass is 10.1. The van der Waals surface area contributed by atoms with Gasteiger partial charge >= 0.3 is 12.0 Å². The van der Waals surface area contributed by atoms with Crippen LogP contribution in [0.2, 0.25) is 0 Å². The molecule has 0 saturated carbocycles. The lowest BCUT2D eigenvalue weighted by molar-refractivity contribution is -0.137. The van der Waals surface area contributed by atoms with Gasteiger partial charge in [-0.15, -0.1) is 0 Å². The molecule has 5 N–H and O–H groups in total. The van der Waals surface area contributed by atoms with Crippen molar-refractivity contribution in [1.29, 1.82) is 0 Å². The Hall–Kier alpha value is -1.79. The summed E-state index contributed by atoms with van der Waals surface area (Å²) in [6.07, 6.45) is 1.18. The number of urea groups is 1. The zero-order valence-corrected chi connectivity index (χ0v) is 9.16. The summed E-state index contributed by atoms with van der Waals surface area (Å²) in [5.74, 6) is -1.63. The highest BCUT2D eigenvalue weighted by molar-refractivity contribution is 5.83. The first-order chi connectivity index (χ1) is 7.45. The summed E-state index contributed by atoms with van der Waals surface area (Å²) >= 11 is 0. The quantitative estimate of drug-likeness (QED) is 0.468. The van der Waals surface area contributed by atoms with Crippen molar-refractivity contribution in [2.45, 2.75) is 32.2 Å². The fraction of sp³-hybridized carbons (Fsp3) is 0.667. The van der Waals surface area contributed by atoms with Crippen LogP contribution in [0.15, 0.2) is 0 Å². The smallest absolute Gasteiger partial charge is 0.315 e. The Kier molecular flexibility index (Phi) is 6.66. The monoisotopic (exact) mass is 231 g/mol. The van der Waals surface area contributed by atoms with Gasteiger partial charge in [0.2, 0.25) is 5.91 Å². The van der Waals surface area contributed by atoms with Crippen molar-refractivity contribution in [3.8, 4) is 0 Å². The lowest BCUT2D eigenvalue weighted by Gasteiger charge is -2.16. The fourth-order valence-electron chi connectivity index (χ4n) is 1.19. The Balaban J connectivity index is 4.01. The van der Waals surface area contributed by atoms with Crippen molar-refractivity contribution < 1.29 is 19.5 Å². The predicted octanol–water partition coefficient (Wildman–Crippen LogP) is -0.586. The molecule has 3 amide bonds. The van der Waals surface area contributed by atoms with Gasteiger partial charge in [0.25, 0.3) is 0 Å². The SMILES string of the molecule is CCCC(CC(=O)O)NC(=O)NCC(N)=O. The van der Waals surface area contributed by atoms with Crippen LogP contribution >= 0.6 is 0 Å². The van der Waals surface area contributed by atoms with Crippen molar-refractivity contribution in [2.75, 3.05) is 6.54 Å². The molecule has 0 heterocycles. The lowest BCUT2D eigenvalue weighted by Crippen LogP contribution is -2.45. The van der Waals surface area contributed by atoms with Gasteiger partial charge in [-0.3, -0.25) is 9.59 Å². The van der Waals surface area contributed by atoms with E-state index in [1.54, 1.807) is 0 Å². The molecule has 0 aliphatic heterocycles. The Labute approximate surface area is 93.4 Å². The van der Waals surface area contributed by atoms with E-state index in [4.69, 9.17) is 10.8 Å². The van der Waals surface area contributed by atoms with E-state index < -0.39 is 23.9 Å². The molecule has 0 aliphatic carbocycles. The number of carbonyl (C=O) groups is 3. The molecule has 0 saturated heterocycles. The van der Waals surface area contributed by atoms with Crippen molar-refractivity contribution in [3.05, 3.63) is 0 Å². The van der Waals surface area contributed by atoms with E-state index in [-0.39, 0.29) is 13.0 Å². The number of carboxylic acid groups (broad SMARTS) is 1. The van der Waals surface area contributed by atoms with Crippen LogP contribution in [0, 0.1) is 0 Å². The Morgan fingerprint density at radius 2 is 2.00 bits per heavy atom. The molecule has 7 heteroatoms. The minimum absolute atomic E-state index is 0.141. The topological polar surface area (TPSA) is 122 Å². The molecular formula is C9H17N3O4. The zero-order chi connectivity index (χ0) is 12.6. The maximum absolute atomic E-state index is 11.2. The van der Waals surface area contributed by atoms with Crippen molar-refractivity contribution in [2.24, 2.45) is 5.73 Å². The van der Waals surface area contributed by atoms with E-state index in [0.717, 1.165) is 6.42 Å². The first kappa shape index (κ1) is 14.2. The van der Waals surface area contributed by atoms with Gasteiger partial charge in [0.1, 0.15) is 0 Å². The van der Waals surface area contributed by atoms with E-state index >= 15 is 0 Å². The van der Waals surface area contributed by atoms with Crippen LogP contribution in [0.3, 0.4) is 0 Å². The van der Waals surface area contributed by atoms with Gasteiger partial charge in [-0.05, 0) is 6.42 Å². The maximum Gasteiger partial charge on any atom is 0.315 e. The minimum Gasteiger partial charge on any atom is -0.481 e. The molecule has 1 atom stereocenters. The number of primary amides is 1. The van der Waals surface area contributed by atoms with Gasteiger partial charge in [0, 0.05) is 6.04 Å². The number of aliphatic carboxylic acids is 1. The van der Waals surface area contributed by atoms with Gasteiger partial charge in [0.05, 0.1) is 13.0 Å². The molecule has 0 aromatic carbocycles. The number of hydrogen-bond acceptors (Lipinski definition) is 3. The molecule has 0 bridgehead atoms. The first-order valence-corrected chi connectivity index (χ1v) is 5.00. The average molecular weight is 231 g/mol. The normalized spacial score (nSPS) is 11.6. The Morgan fingerprint density at radius 3 is 2.44 bits per heavy atom. The third-order valence-electron chi connectivity index (χ3n) is 1.82. The third kappa shape index (κ3) is 7.60. The van der Waals surface area contributed by atoms with Crippen LogP contribution in [0.1, 0.15) is 26.2 Å². The number of amides is 3. The molecule has 0 spiro atoms. The molecule has 1 unspecified atom stereocenters. The van der Waals surface area contributed by atoms with Gasteiger partial charge in [-0.2, -0.15) is 0 Å². The third-order valence-corrected chi connectivity index (χ3v) is 1.82. The Morgan fingerprint density at radius 1 is 1.38 bits per heavy atom. The summed E-state index contributed by atoms with van der Waals surface area (Å²) in [5, 5.41) is 13.3. The second kappa shape index (κ2) is 7.49. The second-order valence-corrected chi connectivity index (χ2v) is 3.38. The number of nitrogens with one attached hydrogen (secondary N) is 2. The highest BCUT2D eigenvalue weighted by Gasteiger charge is 2.14. The number of hydrogen-bond donors (Lipinski definition) is 4. The van der Waals surface area contributed by atoms with Gasteiger partial charge < -0.3 is 21.5 Å². The van der Waals surface area contributed by atoms with Crippen molar-refractivity contribution in [3.63, 3.8) is 0 Å². The molecule has 0 radical (unpaired) electrons. The van der Waals surface area contributed by atoms with E-state index in [0.29, 0.717) is 6.42 Å². The highest BCUT2D eigenvalue weighted by atomic mass is 16.4. The Bertz CT molecular complexity index is 267. The number of rotatable bonds is 7. The number of carboxylic acids is 1. The molecule has 0 aliphatic rings. The van der Waals surface area contributed by atoms with E-state index in [1.807, 2.05) is 6.92 Å². The van der Waals surface area contributed by atoms with Crippen LogP contribution in [0.25, 0.3) is 0 Å². The summed E-state index contributed by atoms with van der Waals surface area (Å²) in [4.78, 5) is 32.1. The summed E-state index contributed by atoms with van der Waals surface area (Å²) in [5.41, 5.74) is 4.84. The van der Waals surface area contributed by atoms with Gasteiger partial charge in [0.15, 0.2) is 0 Å². The van der Waals surface area contributed by atoms with Crippen LogP contribution in [-0.2, 0) is 9.59 Å². The van der Waals surface area contributed by atoms with E-state index in [2.05, 4.69) is 10.6 Å². The first-order valence-electron chi connectivity index (χ1n) is 5.00. The van der Waals surface area contributed by atoms with Crippen LogP contribution in [0.4, 0.5) is 4.79 Å². The summed E-state index contributed by atoms with van der Waals surface area (Å²) in [7, 11) is 0. The number of carbonyl (C=O) groups excluding carboxylic acids is 2. The number of nitrogens with two attached hydrogens (primary N) is 1. The maximum atomic E-state index is 11.2. The van der Waals surface area contributed by atoms with Gasteiger partial charge in [-0.25, -0.2) is 4.79 Å². The molecule has 0 aromatic rings. The average Bonchev–Trinajstić information content (AvgIpc) is 2.14. The van der Waals surface area contributed by atoms with E-state index in [1.165, 1.54) is 0 Å². The minimum atomic E-state index is -0.978. The predicted molar refractivity (Wildman–Crippen MR) is 56.7 cm³/mol. The van der Waals surface area contributed by atoms with Crippen molar-refractivity contribution in [1.82, 2.24) is 10.6 Å². The zero-order valence-electron chi connectivity index (χ0n) is 9.16. The molecular weight excluding hydrogens is 214 g/mol. The molecule has 0 fully saturated rings. The summed E-state index contributed by atoms with van der Waals surface area (Å²) in [6, 6.07) is -1.02. The molecule has 16 heavy (non-hydrogen) atoms. The molecule has 0 aromatic heterocycles.